The molecule has 7 nitrogen and oxygen atoms in total. The number of pyridine rings is 1. The number of ether oxygens (including phenoxy) is 1. The first-order valence-electron chi connectivity index (χ1n) is 9.74. The Balaban J connectivity index is 1.87. The lowest BCUT2D eigenvalue weighted by Crippen LogP contribution is -2.38. The van der Waals surface area contributed by atoms with Crippen molar-refractivity contribution < 1.29 is 4.74 Å². The van der Waals surface area contributed by atoms with Gasteiger partial charge in [0.1, 0.15) is 0 Å². The van der Waals surface area contributed by atoms with Crippen LogP contribution in [-0.4, -0.2) is 40.4 Å². The van der Waals surface area contributed by atoms with Gasteiger partial charge in [0.25, 0.3) is 0 Å². The third-order valence-electron chi connectivity index (χ3n) is 3.99. The molecule has 0 aliphatic heterocycles. The summed E-state index contributed by atoms with van der Waals surface area (Å²) in [6.45, 7) is 12.0. The normalized spacial score (nSPS) is 11.5. The summed E-state index contributed by atoms with van der Waals surface area (Å²) in [6.07, 6.45) is 3.68. The van der Waals surface area contributed by atoms with E-state index in [4.69, 9.17) is 4.74 Å². The van der Waals surface area contributed by atoms with Crippen molar-refractivity contribution >= 4 is 5.96 Å². The molecular formula is C20H32N6O. The average Bonchev–Trinajstić information content (AvgIpc) is 2.99. The van der Waals surface area contributed by atoms with Crippen LogP contribution >= 0.6 is 0 Å². The van der Waals surface area contributed by atoms with Crippen LogP contribution < -0.4 is 15.4 Å². The topological polar surface area (TPSA) is 76.4 Å². The fourth-order valence-electron chi connectivity index (χ4n) is 2.72. The van der Waals surface area contributed by atoms with Gasteiger partial charge in [-0.25, -0.2) is 9.98 Å². The van der Waals surface area contributed by atoms with Gasteiger partial charge in [-0.2, -0.15) is 5.10 Å². The van der Waals surface area contributed by atoms with Gasteiger partial charge in [0.15, 0.2) is 5.96 Å². The third kappa shape index (κ3) is 6.92. The SMILES string of the molecule is CCCOc1ncccc1CN=C(NCC)NCCCn1nc(C)cc1C. The van der Waals surface area contributed by atoms with Crippen molar-refractivity contribution in [2.75, 3.05) is 19.7 Å². The fraction of sp³-hybridized carbons (Fsp3) is 0.550. The first-order valence-corrected chi connectivity index (χ1v) is 9.74. The summed E-state index contributed by atoms with van der Waals surface area (Å²) in [7, 11) is 0. The largest absolute Gasteiger partial charge is 0.477 e. The zero-order valence-corrected chi connectivity index (χ0v) is 17.0. The lowest BCUT2D eigenvalue weighted by atomic mass is 10.3. The summed E-state index contributed by atoms with van der Waals surface area (Å²) in [4.78, 5) is 8.99. The highest BCUT2D eigenvalue weighted by Gasteiger charge is 2.05. The minimum atomic E-state index is 0.527. The zero-order valence-electron chi connectivity index (χ0n) is 17.0. The van der Waals surface area contributed by atoms with E-state index in [2.05, 4.69) is 52.5 Å². The molecule has 0 spiro atoms. The molecule has 0 unspecified atom stereocenters. The Kier molecular flexibility index (Phi) is 8.61. The van der Waals surface area contributed by atoms with Crippen LogP contribution in [0.5, 0.6) is 5.88 Å². The van der Waals surface area contributed by atoms with Crippen molar-refractivity contribution in [2.24, 2.45) is 4.99 Å². The highest BCUT2D eigenvalue weighted by molar-refractivity contribution is 5.79. The molecule has 2 rings (SSSR count). The van der Waals surface area contributed by atoms with E-state index in [1.165, 1.54) is 5.69 Å². The lowest BCUT2D eigenvalue weighted by molar-refractivity contribution is 0.302. The van der Waals surface area contributed by atoms with Crippen LogP contribution in [0.15, 0.2) is 29.4 Å². The first-order chi connectivity index (χ1) is 13.1. The Morgan fingerprint density at radius 2 is 2.11 bits per heavy atom. The van der Waals surface area contributed by atoms with E-state index >= 15 is 0 Å². The van der Waals surface area contributed by atoms with E-state index in [0.29, 0.717) is 19.0 Å². The highest BCUT2D eigenvalue weighted by atomic mass is 16.5. The molecule has 0 aromatic carbocycles. The molecule has 0 saturated heterocycles. The maximum atomic E-state index is 5.71. The van der Waals surface area contributed by atoms with Gasteiger partial charge in [0.05, 0.1) is 18.8 Å². The quantitative estimate of drug-likeness (QED) is 0.381. The molecule has 0 amide bonds. The molecule has 0 atom stereocenters. The van der Waals surface area contributed by atoms with Gasteiger partial charge in [0, 0.05) is 37.1 Å². The van der Waals surface area contributed by atoms with Crippen molar-refractivity contribution in [1.82, 2.24) is 25.4 Å². The summed E-state index contributed by atoms with van der Waals surface area (Å²) in [5, 5.41) is 11.2. The monoisotopic (exact) mass is 372 g/mol. The molecular weight excluding hydrogens is 340 g/mol. The van der Waals surface area contributed by atoms with Gasteiger partial charge in [0.2, 0.25) is 5.88 Å². The lowest BCUT2D eigenvalue weighted by Gasteiger charge is -2.12. The predicted molar refractivity (Wildman–Crippen MR) is 109 cm³/mol. The van der Waals surface area contributed by atoms with Crippen LogP contribution in [0, 0.1) is 13.8 Å². The number of rotatable bonds is 10. The second kappa shape index (κ2) is 11.2. The van der Waals surface area contributed by atoms with Crippen LogP contribution in [0.1, 0.15) is 43.6 Å². The van der Waals surface area contributed by atoms with Crippen molar-refractivity contribution in [1.29, 1.82) is 0 Å². The van der Waals surface area contributed by atoms with Crippen LogP contribution in [0.2, 0.25) is 0 Å². The maximum Gasteiger partial charge on any atom is 0.218 e. The molecule has 2 N–H and O–H groups in total. The minimum absolute atomic E-state index is 0.527. The summed E-state index contributed by atoms with van der Waals surface area (Å²) >= 11 is 0. The summed E-state index contributed by atoms with van der Waals surface area (Å²) in [6, 6.07) is 6.03. The average molecular weight is 373 g/mol. The number of nitrogens with one attached hydrogen (secondary N) is 2. The van der Waals surface area contributed by atoms with Gasteiger partial charge in [-0.05, 0) is 45.7 Å². The van der Waals surface area contributed by atoms with Crippen LogP contribution in [0.25, 0.3) is 0 Å². The molecule has 2 heterocycles. The number of aromatic nitrogens is 3. The number of nitrogens with zero attached hydrogens (tertiary/aromatic N) is 4. The molecule has 0 radical (unpaired) electrons. The third-order valence-corrected chi connectivity index (χ3v) is 3.99. The van der Waals surface area contributed by atoms with E-state index in [1.807, 2.05) is 23.7 Å². The second-order valence-electron chi connectivity index (χ2n) is 6.44. The number of aliphatic imine (C=N–C) groups is 1. The predicted octanol–water partition coefficient (Wildman–Crippen LogP) is 2.83. The Hall–Kier alpha value is -2.57. The van der Waals surface area contributed by atoms with Crippen molar-refractivity contribution in [3.8, 4) is 5.88 Å². The zero-order chi connectivity index (χ0) is 19.5. The van der Waals surface area contributed by atoms with E-state index in [1.54, 1.807) is 6.20 Å². The van der Waals surface area contributed by atoms with Gasteiger partial charge < -0.3 is 15.4 Å². The molecule has 27 heavy (non-hydrogen) atoms. The highest BCUT2D eigenvalue weighted by Crippen LogP contribution is 2.15. The summed E-state index contributed by atoms with van der Waals surface area (Å²) in [5.41, 5.74) is 3.25. The minimum Gasteiger partial charge on any atom is -0.477 e. The van der Waals surface area contributed by atoms with Crippen LogP contribution in [0.3, 0.4) is 0 Å². The van der Waals surface area contributed by atoms with Gasteiger partial charge in [-0.1, -0.05) is 13.0 Å². The fourth-order valence-corrected chi connectivity index (χ4v) is 2.72. The Morgan fingerprint density at radius 3 is 2.81 bits per heavy atom. The van der Waals surface area contributed by atoms with Gasteiger partial charge >= 0.3 is 0 Å². The van der Waals surface area contributed by atoms with Gasteiger partial charge in [-0.3, -0.25) is 4.68 Å². The Morgan fingerprint density at radius 1 is 1.26 bits per heavy atom. The molecule has 0 fully saturated rings. The smallest absolute Gasteiger partial charge is 0.218 e. The first kappa shape index (κ1) is 20.7. The summed E-state index contributed by atoms with van der Waals surface area (Å²) in [5.74, 6) is 1.47. The van der Waals surface area contributed by atoms with Crippen molar-refractivity contribution in [3.05, 3.63) is 41.3 Å². The van der Waals surface area contributed by atoms with Crippen LogP contribution in [-0.2, 0) is 13.1 Å². The molecule has 0 bridgehead atoms. The van der Waals surface area contributed by atoms with Crippen molar-refractivity contribution in [2.45, 2.75) is 53.6 Å². The Bertz CT molecular complexity index is 725. The molecule has 2 aromatic heterocycles. The molecule has 7 heteroatoms. The number of aryl methyl sites for hydroxylation is 3. The second-order valence-corrected chi connectivity index (χ2v) is 6.44. The maximum absolute atomic E-state index is 5.71. The number of guanidine groups is 1. The standard InChI is InChI=1S/C20H32N6O/c1-5-13-27-19-18(9-7-10-22-19)15-24-20(21-6-2)23-11-8-12-26-17(4)14-16(3)25-26/h7,9-10,14H,5-6,8,11-13,15H2,1-4H3,(H2,21,23,24). The molecule has 2 aromatic rings. The van der Waals surface area contributed by atoms with Gasteiger partial charge in [-0.15, -0.1) is 0 Å². The van der Waals surface area contributed by atoms with Crippen molar-refractivity contribution in [3.63, 3.8) is 0 Å². The number of hydrogen-bond donors (Lipinski definition) is 2. The van der Waals surface area contributed by atoms with E-state index < -0.39 is 0 Å². The van der Waals surface area contributed by atoms with E-state index in [-0.39, 0.29) is 0 Å². The summed E-state index contributed by atoms with van der Waals surface area (Å²) < 4.78 is 7.76. The van der Waals surface area contributed by atoms with E-state index in [9.17, 15) is 0 Å². The number of hydrogen-bond acceptors (Lipinski definition) is 4. The Labute approximate surface area is 162 Å². The molecule has 0 aliphatic rings. The molecule has 148 valence electrons. The molecule has 0 saturated carbocycles. The van der Waals surface area contributed by atoms with Crippen LogP contribution in [0.4, 0.5) is 0 Å². The molecule has 0 aliphatic carbocycles. The van der Waals surface area contributed by atoms with E-state index in [0.717, 1.165) is 49.7 Å².